The average Bonchev–Trinajstić information content (AvgIpc) is 2.49. The molecule has 0 atom stereocenters. The number of anilines is 3. The molecule has 0 spiro atoms. The Hall–Kier alpha value is -3.14. The van der Waals surface area contributed by atoms with Gasteiger partial charge >= 0.3 is 0 Å². The van der Waals surface area contributed by atoms with Gasteiger partial charge < -0.3 is 20.7 Å². The van der Waals surface area contributed by atoms with E-state index in [-0.39, 0.29) is 0 Å². The van der Waals surface area contributed by atoms with E-state index >= 15 is 0 Å². The number of nitrogens with zero attached hydrogens (tertiary/aromatic N) is 4. The van der Waals surface area contributed by atoms with Gasteiger partial charge in [-0.3, -0.25) is 0 Å². The zero-order valence-electron chi connectivity index (χ0n) is 11.4. The van der Waals surface area contributed by atoms with E-state index in [1.54, 1.807) is 0 Å². The molecule has 2 aromatic rings. The van der Waals surface area contributed by atoms with Crippen LogP contribution < -0.4 is 11.1 Å². The van der Waals surface area contributed by atoms with Gasteiger partial charge in [-0.25, -0.2) is 16.5 Å². The fraction of sp³-hybridized carbons (Fsp3) is 0.143. The smallest absolute Gasteiger partial charge is 0.239 e. The first-order valence-corrected chi connectivity index (χ1v) is 6.10. The van der Waals surface area contributed by atoms with Crippen molar-refractivity contribution in [1.29, 1.82) is 0 Å². The van der Waals surface area contributed by atoms with Crippen molar-refractivity contribution in [3.05, 3.63) is 53.1 Å². The van der Waals surface area contributed by atoms with E-state index in [0.717, 1.165) is 11.3 Å². The normalized spacial score (nSPS) is 10.3. The molecule has 0 saturated heterocycles. The molecule has 0 bridgehead atoms. The molecule has 1 aromatic carbocycles. The van der Waals surface area contributed by atoms with Gasteiger partial charge in [0.1, 0.15) is 25.1 Å². The maximum Gasteiger partial charge on any atom is 0.239 e. The molecular weight excluding hydrogens is 268 g/mol. The van der Waals surface area contributed by atoms with Crippen LogP contribution in [0.5, 0.6) is 0 Å². The third-order valence-corrected chi connectivity index (χ3v) is 2.68. The standard InChI is InChI=1S/C14H14N6O/c1-16-7-10-3-5-11(6-4-10)20-14-12(8-19-21-2)13(15)17-9-18-14/h3-6,8-9H,7H2,2H3,(H3,15,17,18,20)/b19-8+. The predicted molar refractivity (Wildman–Crippen MR) is 81.1 cm³/mol. The summed E-state index contributed by atoms with van der Waals surface area (Å²) in [5, 5.41) is 6.82. The van der Waals surface area contributed by atoms with E-state index in [9.17, 15) is 0 Å². The highest BCUT2D eigenvalue weighted by Crippen LogP contribution is 2.20. The summed E-state index contributed by atoms with van der Waals surface area (Å²) >= 11 is 0. The summed E-state index contributed by atoms with van der Waals surface area (Å²) in [5.74, 6) is 0.833. The van der Waals surface area contributed by atoms with Crippen molar-refractivity contribution in [3.8, 4) is 0 Å². The molecule has 0 aliphatic rings. The van der Waals surface area contributed by atoms with E-state index in [4.69, 9.17) is 12.3 Å². The van der Waals surface area contributed by atoms with Crippen molar-refractivity contribution in [1.82, 2.24) is 9.97 Å². The van der Waals surface area contributed by atoms with E-state index < -0.39 is 0 Å². The van der Waals surface area contributed by atoms with Crippen LogP contribution in [0, 0.1) is 6.57 Å². The summed E-state index contributed by atoms with van der Waals surface area (Å²) in [4.78, 5) is 16.1. The number of benzene rings is 1. The molecule has 0 saturated carbocycles. The minimum Gasteiger partial charge on any atom is -0.399 e. The summed E-state index contributed by atoms with van der Waals surface area (Å²) in [6.45, 7) is 7.21. The van der Waals surface area contributed by atoms with Crippen LogP contribution in [0.15, 0.2) is 35.7 Å². The lowest BCUT2D eigenvalue weighted by Crippen LogP contribution is -2.05. The van der Waals surface area contributed by atoms with Crippen LogP contribution >= 0.6 is 0 Å². The molecule has 7 nitrogen and oxygen atoms in total. The molecular formula is C14H14N6O. The molecule has 0 fully saturated rings. The highest BCUT2D eigenvalue weighted by atomic mass is 16.6. The third kappa shape index (κ3) is 3.67. The molecule has 0 aliphatic heterocycles. The highest BCUT2D eigenvalue weighted by Gasteiger charge is 2.08. The van der Waals surface area contributed by atoms with Crippen molar-refractivity contribution in [2.75, 3.05) is 18.2 Å². The van der Waals surface area contributed by atoms with Crippen LogP contribution in [0.4, 0.5) is 17.3 Å². The molecule has 1 heterocycles. The topological polar surface area (TPSA) is 89.8 Å². The molecule has 1 aromatic heterocycles. The highest BCUT2D eigenvalue weighted by molar-refractivity contribution is 5.92. The summed E-state index contributed by atoms with van der Waals surface area (Å²) in [6, 6.07) is 7.51. The molecule has 0 radical (unpaired) electrons. The fourth-order valence-electron chi connectivity index (χ4n) is 1.66. The Balaban J connectivity index is 2.25. The number of nitrogens with two attached hydrogens (primary N) is 1. The van der Waals surface area contributed by atoms with Crippen LogP contribution in [0.1, 0.15) is 11.1 Å². The monoisotopic (exact) mass is 282 g/mol. The van der Waals surface area contributed by atoms with Gasteiger partial charge in [0.05, 0.1) is 11.8 Å². The fourth-order valence-corrected chi connectivity index (χ4v) is 1.66. The van der Waals surface area contributed by atoms with E-state index in [1.807, 2.05) is 24.3 Å². The van der Waals surface area contributed by atoms with Gasteiger partial charge in [0, 0.05) is 11.3 Å². The Morgan fingerprint density at radius 1 is 1.38 bits per heavy atom. The number of hydrogen-bond donors (Lipinski definition) is 2. The van der Waals surface area contributed by atoms with Crippen molar-refractivity contribution < 1.29 is 4.84 Å². The molecule has 0 unspecified atom stereocenters. The number of hydrogen-bond acceptors (Lipinski definition) is 6. The lowest BCUT2D eigenvalue weighted by molar-refractivity contribution is 0.215. The van der Waals surface area contributed by atoms with Gasteiger partial charge in [0.25, 0.3) is 0 Å². The third-order valence-electron chi connectivity index (χ3n) is 2.68. The van der Waals surface area contributed by atoms with Gasteiger partial charge in [0.2, 0.25) is 6.54 Å². The van der Waals surface area contributed by atoms with Gasteiger partial charge in [-0.1, -0.05) is 5.16 Å². The average molecular weight is 282 g/mol. The van der Waals surface area contributed by atoms with Crippen LogP contribution in [0.2, 0.25) is 0 Å². The Bertz CT molecular complexity index is 675. The largest absolute Gasteiger partial charge is 0.399 e. The minimum atomic E-state index is 0.304. The summed E-state index contributed by atoms with van der Waals surface area (Å²) in [5.41, 5.74) is 8.14. The molecule has 21 heavy (non-hydrogen) atoms. The zero-order valence-corrected chi connectivity index (χ0v) is 11.4. The second-order valence-corrected chi connectivity index (χ2v) is 4.08. The first-order chi connectivity index (χ1) is 10.2. The van der Waals surface area contributed by atoms with Crippen LogP contribution in [0.3, 0.4) is 0 Å². The molecule has 0 amide bonds. The Morgan fingerprint density at radius 3 is 2.81 bits per heavy atom. The second kappa shape index (κ2) is 6.86. The minimum absolute atomic E-state index is 0.304. The van der Waals surface area contributed by atoms with Gasteiger partial charge in [-0.05, 0) is 24.3 Å². The molecule has 106 valence electrons. The predicted octanol–water partition coefficient (Wildman–Crippen LogP) is 2.20. The van der Waals surface area contributed by atoms with Crippen LogP contribution in [-0.4, -0.2) is 23.3 Å². The van der Waals surface area contributed by atoms with Crippen molar-refractivity contribution in [2.45, 2.75) is 6.54 Å². The summed E-state index contributed by atoms with van der Waals surface area (Å²) in [6.07, 6.45) is 2.82. The number of aromatic nitrogens is 2. The lowest BCUT2D eigenvalue weighted by atomic mass is 10.2. The van der Waals surface area contributed by atoms with E-state index in [0.29, 0.717) is 23.7 Å². The van der Waals surface area contributed by atoms with Gasteiger partial charge in [-0.15, -0.1) is 0 Å². The van der Waals surface area contributed by atoms with Gasteiger partial charge in [-0.2, -0.15) is 0 Å². The maximum absolute atomic E-state index is 6.84. The summed E-state index contributed by atoms with van der Waals surface area (Å²) < 4.78 is 0. The maximum atomic E-state index is 6.84. The number of rotatable bonds is 5. The first-order valence-electron chi connectivity index (χ1n) is 6.10. The van der Waals surface area contributed by atoms with E-state index in [2.05, 4.69) is 30.1 Å². The van der Waals surface area contributed by atoms with Crippen molar-refractivity contribution in [2.24, 2.45) is 5.16 Å². The molecule has 3 N–H and O–H groups in total. The Kier molecular flexibility index (Phi) is 4.66. The number of nitrogen functional groups attached to an aromatic ring is 1. The van der Waals surface area contributed by atoms with Crippen LogP contribution in [0.25, 0.3) is 4.85 Å². The number of nitrogens with one attached hydrogen (secondary N) is 1. The van der Waals surface area contributed by atoms with Gasteiger partial charge in [0.15, 0.2) is 0 Å². The SMILES string of the molecule is [C-]#[N+]Cc1ccc(Nc2ncnc(N)c2/C=N/OC)cc1. The summed E-state index contributed by atoms with van der Waals surface area (Å²) in [7, 11) is 1.44. The number of oxime groups is 1. The Morgan fingerprint density at radius 2 is 2.14 bits per heavy atom. The quantitative estimate of drug-likeness (QED) is 0.498. The first kappa shape index (κ1) is 14.3. The second-order valence-electron chi connectivity index (χ2n) is 4.08. The van der Waals surface area contributed by atoms with Crippen molar-refractivity contribution >= 4 is 23.5 Å². The Labute approximate surface area is 122 Å². The van der Waals surface area contributed by atoms with E-state index in [1.165, 1.54) is 19.7 Å². The molecule has 7 heteroatoms. The lowest BCUT2D eigenvalue weighted by Gasteiger charge is -2.09. The van der Waals surface area contributed by atoms with Crippen LogP contribution in [-0.2, 0) is 11.4 Å². The zero-order chi connectivity index (χ0) is 15.1. The van der Waals surface area contributed by atoms with Crippen molar-refractivity contribution in [3.63, 3.8) is 0 Å². The molecule has 0 aliphatic carbocycles. The molecule has 2 rings (SSSR count).